The molecule has 4 rings (SSSR count). The van der Waals surface area contributed by atoms with Gasteiger partial charge in [-0.3, -0.25) is 0 Å². The summed E-state index contributed by atoms with van der Waals surface area (Å²) < 4.78 is 2.42. The van der Waals surface area contributed by atoms with Gasteiger partial charge in [0.15, 0.2) is 5.82 Å². The van der Waals surface area contributed by atoms with E-state index in [4.69, 9.17) is 4.98 Å². The Balaban J connectivity index is 1.83. The van der Waals surface area contributed by atoms with Gasteiger partial charge in [0.05, 0.1) is 5.52 Å². The molecule has 0 unspecified atom stereocenters. The predicted octanol–water partition coefficient (Wildman–Crippen LogP) is 4.63. The second kappa shape index (κ2) is 8.03. The Morgan fingerprint density at radius 1 is 0.821 bits per heavy atom. The van der Waals surface area contributed by atoms with Crippen molar-refractivity contribution in [3.8, 4) is 0 Å². The molecule has 28 heavy (non-hydrogen) atoms. The molecule has 4 nitrogen and oxygen atoms in total. The van der Waals surface area contributed by atoms with E-state index < -0.39 is 0 Å². The Bertz CT molecular complexity index is 1070. The molecule has 0 bridgehead atoms. The van der Waals surface area contributed by atoms with E-state index in [1.807, 2.05) is 6.20 Å². The molecular formula is C24H28N4. The Labute approximate surface area is 167 Å². The monoisotopic (exact) mass is 372 g/mol. The highest BCUT2D eigenvalue weighted by atomic mass is 15.2. The fourth-order valence-corrected chi connectivity index (χ4v) is 3.92. The lowest BCUT2D eigenvalue weighted by molar-refractivity contribution is 0.401. The van der Waals surface area contributed by atoms with Crippen molar-refractivity contribution in [2.24, 2.45) is 0 Å². The Morgan fingerprint density at radius 3 is 2.36 bits per heavy atom. The minimum Gasteiger partial charge on any atom is -0.358 e. The molecule has 0 amide bonds. The first-order valence-electron chi connectivity index (χ1n) is 9.91. The van der Waals surface area contributed by atoms with Crippen LogP contribution in [0.5, 0.6) is 0 Å². The van der Waals surface area contributed by atoms with Gasteiger partial charge < -0.3 is 14.4 Å². The van der Waals surface area contributed by atoms with Crippen molar-refractivity contribution in [1.82, 2.24) is 14.5 Å². The molecule has 0 saturated heterocycles. The van der Waals surface area contributed by atoms with Crippen LogP contribution in [0.4, 0.5) is 5.82 Å². The lowest BCUT2D eigenvalue weighted by Crippen LogP contribution is -2.24. The van der Waals surface area contributed by atoms with Gasteiger partial charge in [0.2, 0.25) is 0 Å². The lowest BCUT2D eigenvalue weighted by atomic mass is 10.2. The lowest BCUT2D eigenvalue weighted by Gasteiger charge is -2.21. The molecule has 2 heterocycles. The molecule has 4 heteroatoms. The second-order valence-corrected chi connectivity index (χ2v) is 7.70. The van der Waals surface area contributed by atoms with Gasteiger partial charge >= 0.3 is 0 Å². The van der Waals surface area contributed by atoms with Crippen LogP contribution < -0.4 is 4.90 Å². The summed E-state index contributed by atoms with van der Waals surface area (Å²) in [4.78, 5) is 9.32. The number of anilines is 1. The van der Waals surface area contributed by atoms with E-state index in [9.17, 15) is 0 Å². The van der Waals surface area contributed by atoms with Crippen molar-refractivity contribution in [3.63, 3.8) is 0 Å². The largest absolute Gasteiger partial charge is 0.358 e. The minimum atomic E-state index is 0.842. The van der Waals surface area contributed by atoms with Gasteiger partial charge in [0, 0.05) is 42.6 Å². The number of pyridine rings is 1. The third kappa shape index (κ3) is 3.60. The van der Waals surface area contributed by atoms with Gasteiger partial charge in [-0.15, -0.1) is 0 Å². The highest BCUT2D eigenvalue weighted by Gasteiger charge is 2.17. The SMILES string of the molecule is CN(C)CCCN(C)c1nccc2c3ccccc3n(Cc3ccccc3)c12. The van der Waals surface area contributed by atoms with Crippen LogP contribution >= 0.6 is 0 Å². The summed E-state index contributed by atoms with van der Waals surface area (Å²) in [6.45, 7) is 2.90. The summed E-state index contributed by atoms with van der Waals surface area (Å²) in [6, 6.07) is 21.5. The van der Waals surface area contributed by atoms with Crippen molar-refractivity contribution in [2.75, 3.05) is 39.1 Å². The molecule has 0 fully saturated rings. The van der Waals surface area contributed by atoms with Crippen LogP contribution in [-0.4, -0.2) is 48.7 Å². The van der Waals surface area contributed by atoms with Crippen LogP contribution in [-0.2, 0) is 6.54 Å². The molecule has 2 aromatic carbocycles. The molecule has 0 spiro atoms. The topological polar surface area (TPSA) is 24.3 Å². The Hall–Kier alpha value is -2.85. The van der Waals surface area contributed by atoms with Crippen molar-refractivity contribution in [2.45, 2.75) is 13.0 Å². The number of benzene rings is 2. The molecule has 4 aromatic rings. The molecule has 0 saturated carbocycles. The zero-order chi connectivity index (χ0) is 19.5. The van der Waals surface area contributed by atoms with E-state index in [2.05, 4.69) is 96.2 Å². The molecule has 0 aliphatic carbocycles. The van der Waals surface area contributed by atoms with E-state index in [-0.39, 0.29) is 0 Å². The summed E-state index contributed by atoms with van der Waals surface area (Å²) in [6.07, 6.45) is 3.06. The van der Waals surface area contributed by atoms with E-state index in [0.29, 0.717) is 0 Å². The molecule has 144 valence electrons. The van der Waals surface area contributed by atoms with Crippen molar-refractivity contribution >= 4 is 27.6 Å². The number of hydrogen-bond acceptors (Lipinski definition) is 3. The fraction of sp³-hybridized carbons (Fsp3) is 0.292. The summed E-state index contributed by atoms with van der Waals surface area (Å²) in [5.41, 5.74) is 3.78. The maximum absolute atomic E-state index is 4.79. The quantitative estimate of drug-likeness (QED) is 0.473. The van der Waals surface area contributed by atoms with E-state index in [0.717, 1.165) is 31.9 Å². The Kier molecular flexibility index (Phi) is 5.31. The first kappa shape index (κ1) is 18.5. The number of aromatic nitrogens is 2. The number of para-hydroxylation sites is 1. The third-order valence-electron chi connectivity index (χ3n) is 5.30. The molecule has 0 N–H and O–H groups in total. The predicted molar refractivity (Wildman–Crippen MR) is 119 cm³/mol. The fourth-order valence-electron chi connectivity index (χ4n) is 3.92. The third-order valence-corrected chi connectivity index (χ3v) is 5.30. The van der Waals surface area contributed by atoms with Crippen molar-refractivity contribution in [3.05, 3.63) is 72.4 Å². The smallest absolute Gasteiger partial charge is 0.152 e. The zero-order valence-corrected chi connectivity index (χ0v) is 17.0. The normalized spacial score (nSPS) is 11.6. The first-order valence-corrected chi connectivity index (χ1v) is 9.91. The van der Waals surface area contributed by atoms with E-state index in [1.165, 1.54) is 27.4 Å². The van der Waals surface area contributed by atoms with Crippen LogP contribution in [0.15, 0.2) is 66.9 Å². The molecule has 0 atom stereocenters. The van der Waals surface area contributed by atoms with Crippen LogP contribution in [0.25, 0.3) is 21.8 Å². The van der Waals surface area contributed by atoms with Crippen molar-refractivity contribution in [1.29, 1.82) is 0 Å². The van der Waals surface area contributed by atoms with Gasteiger partial charge in [-0.05, 0) is 44.8 Å². The molecule has 0 aliphatic heterocycles. The van der Waals surface area contributed by atoms with E-state index >= 15 is 0 Å². The zero-order valence-electron chi connectivity index (χ0n) is 17.0. The van der Waals surface area contributed by atoms with Gasteiger partial charge in [-0.1, -0.05) is 48.5 Å². The summed E-state index contributed by atoms with van der Waals surface area (Å²) in [7, 11) is 6.40. The molecule has 0 radical (unpaired) electrons. The van der Waals surface area contributed by atoms with Crippen LogP contribution in [0.1, 0.15) is 12.0 Å². The first-order chi connectivity index (χ1) is 13.6. The number of nitrogens with zero attached hydrogens (tertiary/aromatic N) is 4. The molecule has 0 aliphatic rings. The van der Waals surface area contributed by atoms with Crippen LogP contribution in [0, 0.1) is 0 Å². The molecule has 2 aromatic heterocycles. The maximum atomic E-state index is 4.79. The molecular weight excluding hydrogens is 344 g/mol. The number of hydrogen-bond donors (Lipinski definition) is 0. The standard InChI is InChI=1S/C24H28N4/c1-26(2)16-9-17-27(3)24-23-21(14-15-25-24)20-12-7-8-13-22(20)28(23)18-19-10-5-4-6-11-19/h4-8,10-15H,9,16-18H2,1-3H3. The average molecular weight is 373 g/mol. The van der Waals surface area contributed by atoms with Gasteiger partial charge in [-0.2, -0.15) is 0 Å². The Morgan fingerprint density at radius 2 is 1.57 bits per heavy atom. The summed E-state index contributed by atoms with van der Waals surface area (Å²) >= 11 is 0. The highest BCUT2D eigenvalue weighted by molar-refractivity contribution is 6.11. The van der Waals surface area contributed by atoms with Gasteiger partial charge in [0.25, 0.3) is 0 Å². The van der Waals surface area contributed by atoms with Crippen molar-refractivity contribution < 1.29 is 0 Å². The highest BCUT2D eigenvalue weighted by Crippen LogP contribution is 2.34. The summed E-state index contributed by atoms with van der Waals surface area (Å²) in [5.74, 6) is 1.06. The number of fused-ring (bicyclic) bond motifs is 3. The average Bonchev–Trinajstić information content (AvgIpc) is 3.02. The van der Waals surface area contributed by atoms with E-state index in [1.54, 1.807) is 0 Å². The minimum absolute atomic E-state index is 0.842. The number of rotatable bonds is 7. The second-order valence-electron chi connectivity index (χ2n) is 7.70. The summed E-state index contributed by atoms with van der Waals surface area (Å²) in [5, 5.41) is 2.56. The van der Waals surface area contributed by atoms with Gasteiger partial charge in [0.1, 0.15) is 0 Å². The van der Waals surface area contributed by atoms with Gasteiger partial charge in [-0.25, -0.2) is 4.98 Å². The maximum Gasteiger partial charge on any atom is 0.152 e. The van der Waals surface area contributed by atoms with Crippen LogP contribution in [0.3, 0.4) is 0 Å². The van der Waals surface area contributed by atoms with Crippen LogP contribution in [0.2, 0.25) is 0 Å².